The molecule has 2 saturated heterocycles. The smallest absolute Gasteiger partial charge is 0.228 e. The van der Waals surface area contributed by atoms with Crippen LogP contribution in [0.3, 0.4) is 0 Å². The molecule has 2 aliphatic carbocycles. The summed E-state index contributed by atoms with van der Waals surface area (Å²) in [6, 6.07) is 12.3. The second-order valence-electron chi connectivity index (χ2n) is 11.5. The molecule has 2 bridgehead atoms. The Morgan fingerprint density at radius 1 is 1.19 bits per heavy atom. The molecule has 6 heteroatoms. The highest BCUT2D eigenvalue weighted by molar-refractivity contribution is 5.78. The predicted octanol–water partition coefficient (Wildman–Crippen LogP) is 3.74. The van der Waals surface area contributed by atoms with E-state index < -0.39 is 5.60 Å². The number of nitrogens with zero attached hydrogens (tertiary/aromatic N) is 3. The van der Waals surface area contributed by atoms with Gasteiger partial charge in [0.05, 0.1) is 19.1 Å². The summed E-state index contributed by atoms with van der Waals surface area (Å²) in [4.78, 5) is 22.7. The second kappa shape index (κ2) is 9.14. The van der Waals surface area contributed by atoms with E-state index >= 15 is 0 Å². The average Bonchev–Trinajstić information content (AvgIpc) is 3.72. The second-order valence-corrected chi connectivity index (χ2v) is 11.5. The molecular weight excluding hydrogens is 450 g/mol. The molecule has 2 aromatic rings. The van der Waals surface area contributed by atoms with Gasteiger partial charge >= 0.3 is 0 Å². The van der Waals surface area contributed by atoms with Gasteiger partial charge in [0.2, 0.25) is 5.91 Å². The van der Waals surface area contributed by atoms with Crippen molar-refractivity contribution in [2.75, 3.05) is 26.7 Å². The molecule has 1 aromatic heterocycles. The first-order valence-electron chi connectivity index (χ1n) is 13.8. The number of hydrogen-bond donors (Lipinski definition) is 1. The molecule has 36 heavy (non-hydrogen) atoms. The Morgan fingerprint density at radius 3 is 2.75 bits per heavy atom. The van der Waals surface area contributed by atoms with Gasteiger partial charge in [-0.3, -0.25) is 14.7 Å². The van der Waals surface area contributed by atoms with Gasteiger partial charge in [0.25, 0.3) is 0 Å². The molecule has 0 spiro atoms. The monoisotopic (exact) mass is 489 g/mol. The summed E-state index contributed by atoms with van der Waals surface area (Å²) in [6.45, 7) is 4.93. The molecule has 6 nitrogen and oxygen atoms in total. The van der Waals surface area contributed by atoms with Gasteiger partial charge in [-0.25, -0.2) is 0 Å². The summed E-state index contributed by atoms with van der Waals surface area (Å²) in [5.74, 6) is 1.75. The summed E-state index contributed by atoms with van der Waals surface area (Å²) in [6.07, 6.45) is 8.72. The van der Waals surface area contributed by atoms with E-state index in [1.807, 2.05) is 18.2 Å². The number of pyridine rings is 1. The van der Waals surface area contributed by atoms with E-state index in [9.17, 15) is 9.90 Å². The van der Waals surface area contributed by atoms with Crippen LogP contribution in [0.25, 0.3) is 0 Å². The van der Waals surface area contributed by atoms with E-state index in [2.05, 4.69) is 39.9 Å². The highest BCUT2D eigenvalue weighted by atomic mass is 16.5. The Balaban J connectivity index is 1.40. The lowest BCUT2D eigenvalue weighted by Gasteiger charge is -2.62. The number of methoxy groups -OCH3 is 1. The van der Waals surface area contributed by atoms with Crippen LogP contribution in [0.1, 0.15) is 62.3 Å². The lowest BCUT2D eigenvalue weighted by Crippen LogP contribution is -2.72. The average molecular weight is 490 g/mol. The van der Waals surface area contributed by atoms with Gasteiger partial charge in [-0.15, -0.1) is 0 Å². The van der Waals surface area contributed by atoms with Crippen LogP contribution >= 0.6 is 0 Å². The van der Waals surface area contributed by atoms with Crippen molar-refractivity contribution in [1.82, 2.24) is 14.8 Å². The first-order valence-corrected chi connectivity index (χ1v) is 13.8. The van der Waals surface area contributed by atoms with Crippen LogP contribution in [0.5, 0.6) is 5.75 Å². The number of piperidine rings is 1. The summed E-state index contributed by atoms with van der Waals surface area (Å²) >= 11 is 0. The van der Waals surface area contributed by atoms with Crippen LogP contribution in [0.2, 0.25) is 0 Å². The van der Waals surface area contributed by atoms with Gasteiger partial charge in [0.1, 0.15) is 5.75 Å². The fourth-order valence-corrected chi connectivity index (χ4v) is 7.58. The zero-order valence-corrected chi connectivity index (χ0v) is 21.7. The fourth-order valence-electron chi connectivity index (χ4n) is 7.58. The molecule has 6 rings (SSSR count). The molecule has 1 N–H and O–H groups in total. The summed E-state index contributed by atoms with van der Waals surface area (Å²) in [7, 11) is 1.72. The number of aliphatic hydroxyl groups is 1. The Bertz CT molecular complexity index is 1120. The van der Waals surface area contributed by atoms with Gasteiger partial charge in [-0.05, 0) is 92.8 Å². The molecular formula is C30H39N3O3. The van der Waals surface area contributed by atoms with Gasteiger partial charge in [0.15, 0.2) is 0 Å². The predicted molar refractivity (Wildman–Crippen MR) is 139 cm³/mol. The maximum atomic E-state index is 13.6. The van der Waals surface area contributed by atoms with Crippen molar-refractivity contribution in [1.29, 1.82) is 0 Å². The number of carbonyl (C=O) groups excluding carboxylic acids is 1. The van der Waals surface area contributed by atoms with Crippen molar-refractivity contribution >= 4 is 5.91 Å². The third-order valence-corrected chi connectivity index (χ3v) is 9.70. The number of fused-ring (bicyclic) bond motifs is 1. The molecule has 2 aliphatic heterocycles. The minimum Gasteiger partial charge on any atom is -0.497 e. The maximum absolute atomic E-state index is 13.6. The molecule has 4 atom stereocenters. The Kier molecular flexibility index (Phi) is 6.08. The van der Waals surface area contributed by atoms with Crippen LogP contribution in [0.4, 0.5) is 0 Å². The summed E-state index contributed by atoms with van der Waals surface area (Å²) in [5, 5.41) is 12.9. The van der Waals surface area contributed by atoms with Crippen molar-refractivity contribution in [3.05, 3.63) is 59.4 Å². The number of aromatic nitrogens is 1. The van der Waals surface area contributed by atoms with E-state index in [4.69, 9.17) is 4.74 Å². The number of hydrogen-bond acceptors (Lipinski definition) is 5. The number of benzene rings is 1. The van der Waals surface area contributed by atoms with Crippen molar-refractivity contribution in [2.45, 2.75) is 81.4 Å². The zero-order valence-electron chi connectivity index (χ0n) is 21.7. The first kappa shape index (κ1) is 23.9. The normalized spacial score (nSPS) is 31.8. The maximum Gasteiger partial charge on any atom is 0.228 e. The molecule has 0 radical (unpaired) electrons. The number of amides is 1. The number of likely N-dealkylation sites (tertiary alicyclic amines) is 2. The Morgan fingerprint density at radius 2 is 2.03 bits per heavy atom. The molecule has 1 saturated carbocycles. The topological polar surface area (TPSA) is 65.9 Å². The number of rotatable bonds is 6. The molecule has 1 amide bonds. The Labute approximate surface area is 214 Å². The van der Waals surface area contributed by atoms with E-state index in [-0.39, 0.29) is 23.4 Å². The Hall–Kier alpha value is -2.44. The van der Waals surface area contributed by atoms with Crippen LogP contribution in [-0.4, -0.2) is 70.2 Å². The van der Waals surface area contributed by atoms with E-state index in [1.54, 1.807) is 13.3 Å². The molecule has 1 aromatic carbocycles. The summed E-state index contributed by atoms with van der Waals surface area (Å²) < 4.78 is 5.65. The van der Waals surface area contributed by atoms with Crippen molar-refractivity contribution in [3.63, 3.8) is 0 Å². The lowest BCUT2D eigenvalue weighted by molar-refractivity contribution is -0.154. The van der Waals surface area contributed by atoms with Gasteiger partial charge in [0, 0.05) is 42.5 Å². The van der Waals surface area contributed by atoms with Crippen molar-refractivity contribution in [2.24, 2.45) is 5.92 Å². The van der Waals surface area contributed by atoms with Gasteiger partial charge < -0.3 is 14.7 Å². The zero-order chi connectivity index (χ0) is 24.9. The minimum atomic E-state index is -0.875. The standard InChI is InChI=1S/C30H39N3O3/c1-3-24-19-30(35)27-16-22-9-10-25(36-2)18-26(22)29(30,11-14-32(27)20-21-7-8-21)12-15-33(24)28(34)17-23-6-4-5-13-31-23/h4-6,9-10,13,18,21,24,27,35H,3,7-8,11-12,14-17,19-20H2,1-2H3. The third kappa shape index (κ3) is 3.84. The van der Waals surface area contributed by atoms with Crippen LogP contribution in [0, 0.1) is 5.92 Å². The minimum absolute atomic E-state index is 0.0172. The molecule has 192 valence electrons. The van der Waals surface area contributed by atoms with Crippen molar-refractivity contribution in [3.8, 4) is 5.75 Å². The quantitative estimate of drug-likeness (QED) is 0.670. The van der Waals surface area contributed by atoms with Gasteiger partial charge in [-0.2, -0.15) is 0 Å². The molecule has 4 unspecified atom stereocenters. The lowest BCUT2D eigenvalue weighted by atomic mass is 9.52. The molecule has 4 aliphatic rings. The van der Waals surface area contributed by atoms with E-state index in [0.29, 0.717) is 19.4 Å². The fraction of sp³-hybridized carbons (Fsp3) is 0.600. The van der Waals surface area contributed by atoms with Crippen molar-refractivity contribution < 1.29 is 14.6 Å². The first-order chi connectivity index (χ1) is 17.5. The largest absolute Gasteiger partial charge is 0.497 e. The van der Waals surface area contributed by atoms with E-state index in [1.165, 1.54) is 24.0 Å². The number of carbonyl (C=O) groups is 1. The molecule has 3 fully saturated rings. The van der Waals surface area contributed by atoms with Crippen LogP contribution < -0.4 is 4.74 Å². The SMILES string of the molecule is CCC1CC2(O)C3Cc4ccc(OC)cc4C2(CCN3CC2CC2)CCN1C(=O)Cc1ccccn1. The highest BCUT2D eigenvalue weighted by Crippen LogP contribution is 2.57. The number of ether oxygens (including phenoxy) is 1. The van der Waals surface area contributed by atoms with E-state index in [0.717, 1.165) is 56.1 Å². The van der Waals surface area contributed by atoms with Crippen LogP contribution in [-0.2, 0) is 23.1 Å². The molecule has 3 heterocycles. The third-order valence-electron chi connectivity index (χ3n) is 9.70. The summed E-state index contributed by atoms with van der Waals surface area (Å²) in [5.41, 5.74) is 2.15. The van der Waals surface area contributed by atoms with Gasteiger partial charge in [-0.1, -0.05) is 19.1 Å². The van der Waals surface area contributed by atoms with Crippen LogP contribution in [0.15, 0.2) is 42.6 Å². The highest BCUT2D eigenvalue weighted by Gasteiger charge is 2.64.